The molecule has 1 aromatic carbocycles. The molecule has 1 rings (SSSR count). The van der Waals surface area contributed by atoms with Crippen LogP contribution in [0.3, 0.4) is 0 Å². The highest BCUT2D eigenvalue weighted by Gasteiger charge is 2.17. The van der Waals surface area contributed by atoms with E-state index in [2.05, 4.69) is 0 Å². The van der Waals surface area contributed by atoms with Crippen molar-refractivity contribution in [1.29, 1.82) is 5.26 Å². The zero-order valence-electron chi connectivity index (χ0n) is 10.1. The Balaban J connectivity index is 3.03. The number of nitrogens with zero attached hydrogens (tertiary/aromatic N) is 2. The first-order valence-electron chi connectivity index (χ1n) is 5.55. The molecule has 4 heteroatoms. The molecule has 0 unspecified atom stereocenters. The number of anilines is 1. The highest BCUT2D eigenvalue weighted by atomic mass is 16.5. The van der Waals surface area contributed by atoms with E-state index in [1.165, 1.54) is 12.0 Å². The van der Waals surface area contributed by atoms with Crippen LogP contribution in [0.25, 0.3) is 0 Å². The van der Waals surface area contributed by atoms with E-state index in [0.29, 0.717) is 6.54 Å². The average molecular weight is 232 g/mol. The van der Waals surface area contributed by atoms with Crippen molar-refractivity contribution in [2.75, 3.05) is 18.6 Å². The van der Waals surface area contributed by atoms with Gasteiger partial charge >= 0.3 is 6.09 Å². The van der Waals surface area contributed by atoms with E-state index >= 15 is 0 Å². The van der Waals surface area contributed by atoms with Crippen molar-refractivity contribution >= 4 is 11.8 Å². The Labute approximate surface area is 101 Å². The number of aryl methyl sites for hydroxylation is 1. The SMILES string of the molecule is CCc1ccccc1N(CCC#N)C(=O)OC. The Bertz CT molecular complexity index is 424. The monoisotopic (exact) mass is 232 g/mol. The third-order valence-electron chi connectivity index (χ3n) is 2.51. The molecule has 0 saturated heterocycles. The van der Waals surface area contributed by atoms with Gasteiger partial charge in [-0.15, -0.1) is 0 Å². The fourth-order valence-corrected chi connectivity index (χ4v) is 1.66. The van der Waals surface area contributed by atoms with Gasteiger partial charge in [0.2, 0.25) is 0 Å². The number of hydrogen-bond donors (Lipinski definition) is 0. The molecular weight excluding hydrogens is 216 g/mol. The van der Waals surface area contributed by atoms with Gasteiger partial charge in [0.15, 0.2) is 0 Å². The summed E-state index contributed by atoms with van der Waals surface area (Å²) in [5.41, 5.74) is 1.88. The Hall–Kier alpha value is -2.02. The lowest BCUT2D eigenvalue weighted by atomic mass is 10.1. The quantitative estimate of drug-likeness (QED) is 0.802. The van der Waals surface area contributed by atoms with Crippen LogP contribution >= 0.6 is 0 Å². The summed E-state index contributed by atoms with van der Waals surface area (Å²) in [6.45, 7) is 2.37. The molecule has 1 amide bonds. The number of nitriles is 1. The molecule has 0 aromatic heterocycles. The molecule has 0 fully saturated rings. The van der Waals surface area contributed by atoms with Gasteiger partial charge in [0.05, 0.1) is 25.3 Å². The van der Waals surface area contributed by atoms with E-state index in [4.69, 9.17) is 10.00 Å². The van der Waals surface area contributed by atoms with E-state index in [1.54, 1.807) is 0 Å². The third-order valence-corrected chi connectivity index (χ3v) is 2.51. The minimum atomic E-state index is -0.429. The van der Waals surface area contributed by atoms with Crippen LogP contribution in [0.2, 0.25) is 0 Å². The van der Waals surface area contributed by atoms with Crippen LogP contribution in [0.5, 0.6) is 0 Å². The zero-order valence-corrected chi connectivity index (χ0v) is 10.1. The minimum absolute atomic E-state index is 0.285. The molecule has 17 heavy (non-hydrogen) atoms. The third kappa shape index (κ3) is 3.22. The number of ether oxygens (including phenoxy) is 1. The van der Waals surface area contributed by atoms with Gasteiger partial charge in [0.1, 0.15) is 0 Å². The number of para-hydroxylation sites is 1. The molecule has 1 aromatic rings. The lowest BCUT2D eigenvalue weighted by Crippen LogP contribution is -2.32. The Morgan fingerprint density at radius 1 is 1.47 bits per heavy atom. The smallest absolute Gasteiger partial charge is 0.414 e. The molecule has 90 valence electrons. The molecule has 0 saturated carbocycles. The molecule has 0 radical (unpaired) electrons. The number of benzene rings is 1. The fourth-order valence-electron chi connectivity index (χ4n) is 1.66. The van der Waals surface area contributed by atoms with Gasteiger partial charge in [-0.25, -0.2) is 4.79 Å². The van der Waals surface area contributed by atoms with Crippen molar-refractivity contribution in [1.82, 2.24) is 0 Å². The summed E-state index contributed by atoms with van der Waals surface area (Å²) in [6, 6.07) is 9.68. The second kappa shape index (κ2) is 6.54. The summed E-state index contributed by atoms with van der Waals surface area (Å²) >= 11 is 0. The van der Waals surface area contributed by atoms with Gasteiger partial charge in [0.25, 0.3) is 0 Å². The lowest BCUT2D eigenvalue weighted by molar-refractivity contribution is 0.178. The van der Waals surface area contributed by atoms with Crippen LogP contribution in [0, 0.1) is 11.3 Å². The highest BCUT2D eigenvalue weighted by molar-refractivity contribution is 5.88. The Morgan fingerprint density at radius 3 is 2.76 bits per heavy atom. The second-order valence-electron chi connectivity index (χ2n) is 3.51. The Kier molecular flexibility index (Phi) is 5.02. The molecule has 0 aliphatic heterocycles. The van der Waals surface area contributed by atoms with Gasteiger partial charge in [-0.2, -0.15) is 5.26 Å². The van der Waals surface area contributed by atoms with E-state index < -0.39 is 6.09 Å². The standard InChI is InChI=1S/C13H16N2O2/c1-3-11-7-4-5-8-12(11)15(10-6-9-14)13(16)17-2/h4-5,7-8H,3,6,10H2,1-2H3. The van der Waals surface area contributed by atoms with Crippen molar-refractivity contribution in [3.05, 3.63) is 29.8 Å². The summed E-state index contributed by atoms with van der Waals surface area (Å²) < 4.78 is 4.74. The van der Waals surface area contributed by atoms with Gasteiger partial charge in [-0.3, -0.25) is 4.90 Å². The summed E-state index contributed by atoms with van der Waals surface area (Å²) in [5.74, 6) is 0. The van der Waals surface area contributed by atoms with E-state index in [0.717, 1.165) is 17.7 Å². The average Bonchev–Trinajstić information content (AvgIpc) is 2.39. The van der Waals surface area contributed by atoms with E-state index in [1.807, 2.05) is 37.3 Å². The summed E-state index contributed by atoms with van der Waals surface area (Å²) in [6.07, 6.45) is 0.685. The highest BCUT2D eigenvalue weighted by Crippen LogP contribution is 2.21. The number of carbonyl (C=O) groups is 1. The lowest BCUT2D eigenvalue weighted by Gasteiger charge is -2.22. The zero-order chi connectivity index (χ0) is 12.7. The van der Waals surface area contributed by atoms with Crippen LogP contribution in [0.4, 0.5) is 10.5 Å². The van der Waals surface area contributed by atoms with Gasteiger partial charge in [-0.1, -0.05) is 25.1 Å². The van der Waals surface area contributed by atoms with E-state index in [9.17, 15) is 4.79 Å². The van der Waals surface area contributed by atoms with Crippen molar-refractivity contribution in [3.8, 4) is 6.07 Å². The molecular formula is C13H16N2O2. The predicted octanol–water partition coefficient (Wildman–Crippen LogP) is 2.74. The van der Waals surface area contributed by atoms with Crippen molar-refractivity contribution in [2.24, 2.45) is 0 Å². The summed E-state index contributed by atoms with van der Waals surface area (Å²) in [5, 5.41) is 8.61. The number of rotatable bonds is 4. The van der Waals surface area contributed by atoms with Crippen LogP contribution < -0.4 is 4.90 Å². The van der Waals surface area contributed by atoms with Gasteiger partial charge < -0.3 is 4.74 Å². The van der Waals surface area contributed by atoms with Crippen molar-refractivity contribution in [2.45, 2.75) is 19.8 Å². The molecule has 0 aliphatic carbocycles. The largest absolute Gasteiger partial charge is 0.452 e. The summed E-state index contributed by atoms with van der Waals surface area (Å²) in [7, 11) is 1.34. The van der Waals surface area contributed by atoms with Crippen LogP contribution in [0.1, 0.15) is 18.9 Å². The van der Waals surface area contributed by atoms with Crippen LogP contribution in [-0.4, -0.2) is 19.7 Å². The van der Waals surface area contributed by atoms with Gasteiger partial charge in [-0.05, 0) is 18.1 Å². The van der Waals surface area contributed by atoms with Gasteiger partial charge in [0, 0.05) is 6.54 Å². The van der Waals surface area contributed by atoms with E-state index in [-0.39, 0.29) is 6.42 Å². The molecule has 0 aliphatic rings. The maximum absolute atomic E-state index is 11.7. The maximum Gasteiger partial charge on any atom is 0.414 e. The number of hydrogen-bond acceptors (Lipinski definition) is 3. The second-order valence-corrected chi connectivity index (χ2v) is 3.51. The first-order chi connectivity index (χ1) is 8.24. The molecule has 4 nitrogen and oxygen atoms in total. The molecule has 0 bridgehead atoms. The topological polar surface area (TPSA) is 53.3 Å². The maximum atomic E-state index is 11.7. The normalized spacial score (nSPS) is 9.47. The van der Waals surface area contributed by atoms with Crippen LogP contribution in [-0.2, 0) is 11.2 Å². The molecule has 0 N–H and O–H groups in total. The number of carbonyl (C=O) groups excluding carboxylic acids is 1. The van der Waals surface area contributed by atoms with Crippen molar-refractivity contribution < 1.29 is 9.53 Å². The molecule has 0 atom stereocenters. The summed E-state index contributed by atoms with van der Waals surface area (Å²) in [4.78, 5) is 13.2. The minimum Gasteiger partial charge on any atom is -0.452 e. The Morgan fingerprint density at radius 2 is 2.18 bits per heavy atom. The first-order valence-corrected chi connectivity index (χ1v) is 5.55. The van der Waals surface area contributed by atoms with Crippen LogP contribution in [0.15, 0.2) is 24.3 Å². The fraction of sp³-hybridized carbons (Fsp3) is 0.385. The predicted molar refractivity (Wildman–Crippen MR) is 65.8 cm³/mol. The number of amides is 1. The molecule has 0 heterocycles. The number of methoxy groups -OCH3 is 1. The molecule has 0 spiro atoms. The van der Waals surface area contributed by atoms with Crippen molar-refractivity contribution in [3.63, 3.8) is 0 Å². The first kappa shape index (κ1) is 13.0.